The lowest BCUT2D eigenvalue weighted by molar-refractivity contribution is 0.252. The Morgan fingerprint density at radius 3 is 3.00 bits per heavy atom. The van der Waals surface area contributed by atoms with E-state index in [0.29, 0.717) is 6.54 Å². The highest BCUT2D eigenvalue weighted by molar-refractivity contribution is 7.15. The quantitative estimate of drug-likeness (QED) is 0.810. The van der Waals surface area contributed by atoms with Gasteiger partial charge in [-0.1, -0.05) is 0 Å². The molecule has 1 aliphatic carbocycles. The molecule has 0 fully saturated rings. The number of nitrogens with zero attached hydrogens (tertiary/aromatic N) is 1. The van der Waals surface area contributed by atoms with Crippen molar-refractivity contribution in [2.75, 3.05) is 11.9 Å². The highest BCUT2D eigenvalue weighted by Gasteiger charge is 2.15. The van der Waals surface area contributed by atoms with E-state index in [2.05, 4.69) is 15.6 Å². The van der Waals surface area contributed by atoms with Crippen molar-refractivity contribution in [3.63, 3.8) is 0 Å². The van der Waals surface area contributed by atoms with Crippen LogP contribution in [0.1, 0.15) is 30.3 Å². The van der Waals surface area contributed by atoms with Crippen LogP contribution >= 0.6 is 11.3 Å². The zero-order valence-corrected chi connectivity index (χ0v) is 9.62. The second-order valence-electron chi connectivity index (χ2n) is 3.58. The lowest BCUT2D eigenvalue weighted by Gasteiger charge is -2.06. The van der Waals surface area contributed by atoms with Crippen molar-refractivity contribution in [2.24, 2.45) is 0 Å². The largest absolute Gasteiger partial charge is 0.338 e. The number of urea groups is 1. The van der Waals surface area contributed by atoms with Gasteiger partial charge in [-0.15, -0.1) is 11.3 Å². The van der Waals surface area contributed by atoms with Crippen LogP contribution in [-0.4, -0.2) is 17.6 Å². The number of aromatic nitrogens is 1. The Morgan fingerprint density at radius 1 is 1.47 bits per heavy atom. The third-order valence-corrected chi connectivity index (χ3v) is 3.48. The summed E-state index contributed by atoms with van der Waals surface area (Å²) >= 11 is 1.61. The number of hydrogen-bond acceptors (Lipinski definition) is 3. The third-order valence-electron chi connectivity index (χ3n) is 2.40. The van der Waals surface area contributed by atoms with E-state index in [1.165, 1.54) is 23.4 Å². The first-order chi connectivity index (χ1) is 7.29. The highest BCUT2D eigenvalue weighted by atomic mass is 32.1. The fourth-order valence-electron chi connectivity index (χ4n) is 1.71. The van der Waals surface area contributed by atoms with Crippen molar-refractivity contribution in [3.05, 3.63) is 10.6 Å². The van der Waals surface area contributed by atoms with E-state index in [9.17, 15) is 4.79 Å². The van der Waals surface area contributed by atoms with Gasteiger partial charge in [-0.2, -0.15) is 0 Å². The molecule has 0 saturated heterocycles. The minimum atomic E-state index is -0.163. The Bertz CT molecular complexity index is 338. The van der Waals surface area contributed by atoms with Gasteiger partial charge in [0, 0.05) is 11.4 Å². The first kappa shape index (κ1) is 10.4. The lowest BCUT2D eigenvalue weighted by Crippen LogP contribution is -2.28. The molecule has 0 spiro atoms. The predicted octanol–water partition coefficient (Wildman–Crippen LogP) is 2.16. The van der Waals surface area contributed by atoms with E-state index >= 15 is 0 Å². The molecular weight excluding hydrogens is 210 g/mol. The second kappa shape index (κ2) is 4.61. The Balaban J connectivity index is 2.03. The van der Waals surface area contributed by atoms with Gasteiger partial charge < -0.3 is 5.32 Å². The van der Waals surface area contributed by atoms with Gasteiger partial charge in [0.1, 0.15) is 0 Å². The number of nitrogens with one attached hydrogen (secondary N) is 2. The lowest BCUT2D eigenvalue weighted by atomic mass is 10.0. The van der Waals surface area contributed by atoms with Crippen molar-refractivity contribution in [3.8, 4) is 0 Å². The maximum atomic E-state index is 11.3. The number of amides is 2. The SMILES string of the molecule is CCNC(=O)Nc1nc2c(s1)CCCC2. The molecule has 1 heterocycles. The summed E-state index contributed by atoms with van der Waals surface area (Å²) in [4.78, 5) is 17.0. The van der Waals surface area contributed by atoms with Gasteiger partial charge in [-0.3, -0.25) is 5.32 Å². The molecule has 0 radical (unpaired) electrons. The van der Waals surface area contributed by atoms with Crippen LogP contribution in [0.15, 0.2) is 0 Å². The molecule has 0 aromatic carbocycles. The van der Waals surface area contributed by atoms with Gasteiger partial charge in [0.2, 0.25) is 0 Å². The fraction of sp³-hybridized carbons (Fsp3) is 0.600. The maximum Gasteiger partial charge on any atom is 0.321 e. The van der Waals surface area contributed by atoms with E-state index in [-0.39, 0.29) is 6.03 Å². The van der Waals surface area contributed by atoms with Crippen LogP contribution in [0, 0.1) is 0 Å². The summed E-state index contributed by atoms with van der Waals surface area (Å²) in [6, 6.07) is -0.163. The molecule has 2 N–H and O–H groups in total. The topological polar surface area (TPSA) is 54.0 Å². The van der Waals surface area contributed by atoms with Crippen LogP contribution < -0.4 is 10.6 Å². The monoisotopic (exact) mass is 225 g/mol. The van der Waals surface area contributed by atoms with Crippen LogP contribution in [0.3, 0.4) is 0 Å². The van der Waals surface area contributed by atoms with E-state index < -0.39 is 0 Å². The average molecular weight is 225 g/mol. The minimum Gasteiger partial charge on any atom is -0.338 e. The number of carbonyl (C=O) groups is 1. The summed E-state index contributed by atoms with van der Waals surface area (Å²) in [5, 5.41) is 6.18. The second-order valence-corrected chi connectivity index (χ2v) is 4.66. The third kappa shape index (κ3) is 2.47. The summed E-state index contributed by atoms with van der Waals surface area (Å²) in [6.45, 7) is 2.53. The fourth-order valence-corrected chi connectivity index (χ4v) is 2.75. The number of fused-ring (bicyclic) bond motifs is 1. The van der Waals surface area contributed by atoms with Crippen molar-refractivity contribution < 1.29 is 4.79 Å². The van der Waals surface area contributed by atoms with Gasteiger partial charge in [-0.25, -0.2) is 9.78 Å². The molecule has 0 saturated carbocycles. The summed E-state index contributed by atoms with van der Waals surface area (Å²) < 4.78 is 0. The molecule has 1 aromatic rings. The molecule has 2 rings (SSSR count). The molecule has 2 amide bonds. The normalized spacial score (nSPS) is 14.5. The molecule has 0 aliphatic heterocycles. The van der Waals surface area contributed by atoms with E-state index in [4.69, 9.17) is 0 Å². The predicted molar refractivity (Wildman–Crippen MR) is 61.5 cm³/mol. The number of thiazole rings is 1. The van der Waals surface area contributed by atoms with Crippen LogP contribution in [0.2, 0.25) is 0 Å². The van der Waals surface area contributed by atoms with Gasteiger partial charge in [0.15, 0.2) is 5.13 Å². The number of rotatable bonds is 2. The number of carbonyl (C=O) groups excluding carboxylic acids is 1. The van der Waals surface area contributed by atoms with Crippen molar-refractivity contribution in [1.29, 1.82) is 0 Å². The Kier molecular flexibility index (Phi) is 3.20. The molecule has 1 aliphatic rings. The van der Waals surface area contributed by atoms with Crippen LogP contribution in [0.25, 0.3) is 0 Å². The van der Waals surface area contributed by atoms with Gasteiger partial charge >= 0.3 is 6.03 Å². The molecule has 5 heteroatoms. The van der Waals surface area contributed by atoms with Crippen molar-refractivity contribution in [1.82, 2.24) is 10.3 Å². The van der Waals surface area contributed by atoms with Crippen molar-refractivity contribution >= 4 is 22.5 Å². The van der Waals surface area contributed by atoms with E-state index in [0.717, 1.165) is 18.0 Å². The summed E-state index contributed by atoms with van der Waals surface area (Å²) in [5.41, 5.74) is 1.18. The van der Waals surface area contributed by atoms with E-state index in [1.54, 1.807) is 11.3 Å². The molecule has 0 bridgehead atoms. The number of hydrogen-bond donors (Lipinski definition) is 2. The minimum absolute atomic E-state index is 0.163. The summed E-state index contributed by atoms with van der Waals surface area (Å²) in [6.07, 6.45) is 4.64. The first-order valence-electron chi connectivity index (χ1n) is 5.33. The maximum absolute atomic E-state index is 11.3. The smallest absolute Gasteiger partial charge is 0.321 e. The van der Waals surface area contributed by atoms with E-state index in [1.807, 2.05) is 6.92 Å². The van der Waals surface area contributed by atoms with Crippen LogP contribution in [0.4, 0.5) is 9.93 Å². The molecule has 0 atom stereocenters. The molecule has 0 unspecified atom stereocenters. The number of aryl methyl sites for hydroxylation is 2. The Labute approximate surface area is 93.1 Å². The zero-order valence-electron chi connectivity index (χ0n) is 8.80. The molecule has 15 heavy (non-hydrogen) atoms. The molecular formula is C10H15N3OS. The standard InChI is InChI=1S/C10H15N3OS/c1-2-11-9(14)13-10-12-7-5-3-4-6-8(7)15-10/h2-6H2,1H3,(H2,11,12,13,14). The van der Waals surface area contributed by atoms with Crippen LogP contribution in [-0.2, 0) is 12.8 Å². The molecule has 4 nitrogen and oxygen atoms in total. The molecule has 1 aromatic heterocycles. The Morgan fingerprint density at radius 2 is 2.27 bits per heavy atom. The zero-order chi connectivity index (χ0) is 10.7. The van der Waals surface area contributed by atoms with Gasteiger partial charge in [0.25, 0.3) is 0 Å². The van der Waals surface area contributed by atoms with Gasteiger partial charge in [0.05, 0.1) is 5.69 Å². The van der Waals surface area contributed by atoms with Crippen molar-refractivity contribution in [2.45, 2.75) is 32.6 Å². The molecule has 82 valence electrons. The summed E-state index contributed by atoms with van der Waals surface area (Å²) in [7, 11) is 0. The summed E-state index contributed by atoms with van der Waals surface area (Å²) in [5.74, 6) is 0. The van der Waals surface area contributed by atoms with Crippen LogP contribution in [0.5, 0.6) is 0 Å². The average Bonchev–Trinajstić information content (AvgIpc) is 2.59. The number of anilines is 1. The highest BCUT2D eigenvalue weighted by Crippen LogP contribution is 2.29. The Hall–Kier alpha value is -1.10. The first-order valence-corrected chi connectivity index (χ1v) is 6.14. The van der Waals surface area contributed by atoms with Gasteiger partial charge in [-0.05, 0) is 32.6 Å².